The van der Waals surface area contributed by atoms with Gasteiger partial charge in [0, 0.05) is 19.0 Å². The van der Waals surface area contributed by atoms with Gasteiger partial charge in [-0.2, -0.15) is 0 Å². The van der Waals surface area contributed by atoms with Gasteiger partial charge in [-0.15, -0.1) is 12.4 Å². The summed E-state index contributed by atoms with van der Waals surface area (Å²) in [7, 11) is 0. The summed E-state index contributed by atoms with van der Waals surface area (Å²) in [6, 6.07) is 9.32. The molecule has 0 unspecified atom stereocenters. The second-order valence-corrected chi connectivity index (χ2v) is 7.88. The van der Waals surface area contributed by atoms with Crippen LogP contribution in [0.15, 0.2) is 24.3 Å². The predicted octanol–water partition coefficient (Wildman–Crippen LogP) is 4.50. The number of hydrogen-bond acceptors (Lipinski definition) is 2. The maximum atomic E-state index is 12.8. The Labute approximate surface area is 159 Å². The molecule has 1 saturated carbocycles. The molecule has 2 fully saturated rings. The number of rotatable bonds is 7. The lowest BCUT2D eigenvalue weighted by atomic mass is 9.93. The first-order valence-electron chi connectivity index (χ1n) is 9.72. The molecule has 1 aliphatic carbocycles. The van der Waals surface area contributed by atoms with E-state index in [1.807, 2.05) is 0 Å². The highest BCUT2D eigenvalue weighted by atomic mass is 35.5. The molecule has 1 N–H and O–H groups in total. The van der Waals surface area contributed by atoms with E-state index in [1.165, 1.54) is 36.8 Å². The largest absolute Gasteiger partial charge is 0.335 e. The van der Waals surface area contributed by atoms with Gasteiger partial charge >= 0.3 is 0 Å². The van der Waals surface area contributed by atoms with Crippen LogP contribution < -0.4 is 5.32 Å². The van der Waals surface area contributed by atoms with Gasteiger partial charge in [0.25, 0.3) is 0 Å². The van der Waals surface area contributed by atoms with E-state index >= 15 is 0 Å². The molecule has 0 radical (unpaired) electrons. The van der Waals surface area contributed by atoms with Crippen LogP contribution in [0.25, 0.3) is 0 Å². The van der Waals surface area contributed by atoms with Crippen LogP contribution in [0.4, 0.5) is 0 Å². The molecule has 1 aromatic rings. The SMILES string of the molecule is CC(C)c1ccc(CN(C(=O)CCC2CCNCC2)C2CC2)cc1.Cl. The lowest BCUT2D eigenvalue weighted by Gasteiger charge is -2.26. The van der Waals surface area contributed by atoms with Gasteiger partial charge in [0.1, 0.15) is 0 Å². The Balaban J connectivity index is 0.00000225. The Morgan fingerprint density at radius 1 is 1.12 bits per heavy atom. The number of piperidine rings is 1. The lowest BCUT2D eigenvalue weighted by Crippen LogP contribution is -2.33. The molecular weight excluding hydrogens is 332 g/mol. The second kappa shape index (κ2) is 9.59. The molecule has 0 bridgehead atoms. The van der Waals surface area contributed by atoms with Crippen molar-refractivity contribution >= 4 is 18.3 Å². The van der Waals surface area contributed by atoms with E-state index in [1.54, 1.807) is 0 Å². The number of hydrogen-bond donors (Lipinski definition) is 1. The number of halogens is 1. The van der Waals surface area contributed by atoms with E-state index in [2.05, 4.69) is 48.3 Å². The van der Waals surface area contributed by atoms with Gasteiger partial charge in [-0.05, 0) is 68.2 Å². The van der Waals surface area contributed by atoms with E-state index in [0.29, 0.717) is 17.9 Å². The van der Waals surface area contributed by atoms with Crippen LogP contribution in [0.2, 0.25) is 0 Å². The van der Waals surface area contributed by atoms with Crippen LogP contribution in [0, 0.1) is 5.92 Å². The standard InChI is InChI=1S/C21H32N2O.ClH/c1-16(2)19-6-3-18(4-7-19)15-23(20-8-9-20)21(24)10-5-17-11-13-22-14-12-17;/h3-4,6-7,16-17,20,22H,5,8-15H2,1-2H3;1H. The number of nitrogens with zero attached hydrogens (tertiary/aromatic N) is 1. The van der Waals surface area contributed by atoms with Crippen LogP contribution in [0.1, 0.15) is 69.4 Å². The smallest absolute Gasteiger partial charge is 0.223 e. The van der Waals surface area contributed by atoms with Crippen molar-refractivity contribution in [2.24, 2.45) is 5.92 Å². The molecule has 1 aliphatic heterocycles. The fourth-order valence-corrected chi connectivity index (χ4v) is 3.65. The predicted molar refractivity (Wildman–Crippen MR) is 106 cm³/mol. The third kappa shape index (κ3) is 6.00. The fraction of sp³-hybridized carbons (Fsp3) is 0.667. The molecule has 1 aromatic carbocycles. The van der Waals surface area contributed by atoms with Gasteiger partial charge in [-0.25, -0.2) is 0 Å². The van der Waals surface area contributed by atoms with Crippen LogP contribution in [-0.2, 0) is 11.3 Å². The zero-order valence-corrected chi connectivity index (χ0v) is 16.5. The topological polar surface area (TPSA) is 32.3 Å². The van der Waals surface area contributed by atoms with E-state index in [9.17, 15) is 4.79 Å². The number of amides is 1. The Morgan fingerprint density at radius 2 is 1.76 bits per heavy atom. The zero-order valence-electron chi connectivity index (χ0n) is 15.7. The van der Waals surface area contributed by atoms with Gasteiger partial charge in [0.2, 0.25) is 5.91 Å². The molecule has 4 heteroatoms. The summed E-state index contributed by atoms with van der Waals surface area (Å²) in [5.41, 5.74) is 2.63. The third-order valence-corrected chi connectivity index (χ3v) is 5.53. The van der Waals surface area contributed by atoms with Crippen molar-refractivity contribution in [1.82, 2.24) is 10.2 Å². The summed E-state index contributed by atoms with van der Waals surface area (Å²) in [6.07, 6.45) is 6.62. The van der Waals surface area contributed by atoms with E-state index < -0.39 is 0 Å². The first-order valence-corrected chi connectivity index (χ1v) is 9.72. The van der Waals surface area contributed by atoms with E-state index in [-0.39, 0.29) is 12.4 Å². The Kier molecular flexibility index (Phi) is 7.77. The average Bonchev–Trinajstić information content (AvgIpc) is 3.44. The Hall–Kier alpha value is -1.06. The summed E-state index contributed by atoms with van der Waals surface area (Å²) in [5.74, 6) is 1.66. The Bertz CT molecular complexity index is 533. The molecule has 25 heavy (non-hydrogen) atoms. The second-order valence-electron chi connectivity index (χ2n) is 7.88. The highest BCUT2D eigenvalue weighted by molar-refractivity contribution is 5.85. The number of carbonyl (C=O) groups excluding carboxylic acids is 1. The first-order chi connectivity index (χ1) is 11.6. The van der Waals surface area contributed by atoms with Crippen LogP contribution in [0.5, 0.6) is 0 Å². The lowest BCUT2D eigenvalue weighted by molar-refractivity contribution is -0.132. The van der Waals surface area contributed by atoms with E-state index in [4.69, 9.17) is 0 Å². The molecule has 0 atom stereocenters. The molecule has 0 aromatic heterocycles. The summed E-state index contributed by atoms with van der Waals surface area (Å²) >= 11 is 0. The number of nitrogens with one attached hydrogen (secondary N) is 1. The normalized spacial score (nSPS) is 18.0. The average molecular weight is 365 g/mol. The quantitative estimate of drug-likeness (QED) is 0.772. The monoisotopic (exact) mass is 364 g/mol. The van der Waals surface area contributed by atoms with Crippen LogP contribution in [0.3, 0.4) is 0 Å². The highest BCUT2D eigenvalue weighted by Crippen LogP contribution is 2.30. The minimum atomic E-state index is 0. The van der Waals surface area contributed by atoms with Crippen molar-refractivity contribution in [3.05, 3.63) is 35.4 Å². The Morgan fingerprint density at radius 3 is 2.32 bits per heavy atom. The maximum Gasteiger partial charge on any atom is 0.223 e. The van der Waals surface area contributed by atoms with Crippen molar-refractivity contribution in [2.75, 3.05) is 13.1 Å². The summed E-state index contributed by atoms with van der Waals surface area (Å²) < 4.78 is 0. The molecule has 1 heterocycles. The fourth-order valence-electron chi connectivity index (χ4n) is 3.65. The van der Waals surface area contributed by atoms with Crippen molar-refractivity contribution in [1.29, 1.82) is 0 Å². The van der Waals surface area contributed by atoms with Crippen molar-refractivity contribution in [3.8, 4) is 0 Å². The summed E-state index contributed by atoms with van der Waals surface area (Å²) in [5, 5.41) is 3.40. The number of carbonyl (C=O) groups is 1. The first kappa shape index (κ1) is 20.3. The van der Waals surface area contributed by atoms with Gasteiger partial charge < -0.3 is 10.2 Å². The molecule has 3 nitrogen and oxygen atoms in total. The third-order valence-electron chi connectivity index (χ3n) is 5.53. The summed E-state index contributed by atoms with van der Waals surface area (Å²) in [6.45, 7) is 7.46. The van der Waals surface area contributed by atoms with Crippen molar-refractivity contribution in [3.63, 3.8) is 0 Å². The highest BCUT2D eigenvalue weighted by Gasteiger charge is 2.32. The van der Waals surface area contributed by atoms with Crippen molar-refractivity contribution < 1.29 is 4.79 Å². The van der Waals surface area contributed by atoms with Gasteiger partial charge in [-0.1, -0.05) is 38.1 Å². The van der Waals surface area contributed by atoms with Gasteiger partial charge in [0.15, 0.2) is 0 Å². The number of benzene rings is 1. The van der Waals surface area contributed by atoms with E-state index in [0.717, 1.165) is 38.4 Å². The molecule has 140 valence electrons. The minimum absolute atomic E-state index is 0. The molecule has 0 spiro atoms. The zero-order chi connectivity index (χ0) is 16.9. The molecule has 3 rings (SSSR count). The minimum Gasteiger partial charge on any atom is -0.335 e. The molecule has 1 saturated heterocycles. The van der Waals surface area contributed by atoms with Crippen molar-refractivity contribution in [2.45, 2.75) is 70.9 Å². The van der Waals surface area contributed by atoms with Gasteiger partial charge in [0.05, 0.1) is 0 Å². The summed E-state index contributed by atoms with van der Waals surface area (Å²) in [4.78, 5) is 14.9. The van der Waals surface area contributed by atoms with Crippen LogP contribution >= 0.6 is 12.4 Å². The maximum absolute atomic E-state index is 12.8. The molecule has 1 amide bonds. The van der Waals surface area contributed by atoms with Gasteiger partial charge in [-0.3, -0.25) is 4.79 Å². The van der Waals surface area contributed by atoms with Crippen LogP contribution in [-0.4, -0.2) is 29.9 Å². The molecule has 2 aliphatic rings. The molecular formula is C21H33ClN2O.